The average Bonchev–Trinajstić information content (AvgIpc) is 3.42. The fourth-order valence-electron chi connectivity index (χ4n) is 6.07. The van der Waals surface area contributed by atoms with Crippen LogP contribution in [0.5, 0.6) is 0 Å². The molecule has 33 heavy (non-hydrogen) atoms. The third-order valence-electron chi connectivity index (χ3n) is 8.45. The van der Waals surface area contributed by atoms with Crippen LogP contribution in [0.15, 0.2) is 35.7 Å². The fraction of sp³-hybridized carbons (Fsp3) is 0.520. The zero-order chi connectivity index (χ0) is 23.0. The molecule has 7 rings (SSSR count). The lowest BCUT2D eigenvalue weighted by Gasteiger charge is -2.45. The maximum Gasteiger partial charge on any atom is 0.159 e. The molecule has 1 aromatic carbocycles. The summed E-state index contributed by atoms with van der Waals surface area (Å²) in [5.74, 6) is 1.16. The summed E-state index contributed by atoms with van der Waals surface area (Å²) in [6.45, 7) is 4.58. The number of aromatic nitrogens is 4. The molecule has 4 fully saturated rings. The van der Waals surface area contributed by atoms with E-state index in [-0.39, 0.29) is 16.6 Å². The second-order valence-corrected chi connectivity index (χ2v) is 10.6. The van der Waals surface area contributed by atoms with Crippen molar-refractivity contribution in [2.75, 3.05) is 18.5 Å². The van der Waals surface area contributed by atoms with Crippen LogP contribution in [-0.2, 0) is 5.41 Å². The summed E-state index contributed by atoms with van der Waals surface area (Å²) < 4.78 is 16.8. The summed E-state index contributed by atoms with van der Waals surface area (Å²) in [6.07, 6.45) is 10.1. The van der Waals surface area contributed by atoms with Crippen LogP contribution in [0.2, 0.25) is 0 Å². The molecule has 0 atom stereocenters. The Morgan fingerprint density at radius 1 is 1.18 bits per heavy atom. The quantitative estimate of drug-likeness (QED) is 0.601. The smallest absolute Gasteiger partial charge is 0.159 e. The Balaban J connectivity index is 1.39. The molecule has 0 radical (unpaired) electrons. The second kappa shape index (κ2) is 6.82. The van der Waals surface area contributed by atoms with Crippen molar-refractivity contribution >= 4 is 22.9 Å². The highest BCUT2D eigenvalue weighted by Crippen LogP contribution is 2.58. The average molecular weight is 449 g/mol. The lowest BCUT2D eigenvalue weighted by atomic mass is 9.61. The number of nitrogens with zero attached hydrogens (tertiary/aromatic N) is 6. The van der Waals surface area contributed by atoms with Gasteiger partial charge in [-0.3, -0.25) is 4.99 Å². The summed E-state index contributed by atoms with van der Waals surface area (Å²) in [4.78, 5) is 15.5. The second-order valence-electron chi connectivity index (χ2n) is 10.6. The zero-order valence-electron chi connectivity index (χ0n) is 19.3. The van der Waals surface area contributed by atoms with Crippen LogP contribution in [0.3, 0.4) is 0 Å². The molecule has 4 aliphatic rings. The summed E-state index contributed by atoms with van der Waals surface area (Å²) >= 11 is 0. The van der Waals surface area contributed by atoms with Gasteiger partial charge in [0.2, 0.25) is 0 Å². The molecule has 7 nitrogen and oxygen atoms in total. The first-order valence-corrected chi connectivity index (χ1v) is 11.7. The molecule has 2 saturated heterocycles. The maximum atomic E-state index is 15.1. The zero-order valence-corrected chi connectivity index (χ0v) is 19.3. The van der Waals surface area contributed by atoms with Gasteiger partial charge < -0.3 is 10.0 Å². The van der Waals surface area contributed by atoms with Crippen LogP contribution in [-0.4, -0.2) is 56.3 Å². The normalized spacial score (nSPS) is 26.1. The van der Waals surface area contributed by atoms with E-state index in [1.54, 1.807) is 30.3 Å². The van der Waals surface area contributed by atoms with Crippen molar-refractivity contribution in [2.24, 2.45) is 10.4 Å². The van der Waals surface area contributed by atoms with Gasteiger partial charge in [-0.2, -0.15) is 5.10 Å². The number of aliphatic imine (C=N–C) groups is 1. The monoisotopic (exact) mass is 448 g/mol. The fourth-order valence-corrected chi connectivity index (χ4v) is 6.07. The van der Waals surface area contributed by atoms with Gasteiger partial charge in [0.25, 0.3) is 0 Å². The first-order chi connectivity index (χ1) is 15.8. The molecule has 0 unspecified atom stereocenters. The van der Waals surface area contributed by atoms with E-state index in [0.29, 0.717) is 22.8 Å². The van der Waals surface area contributed by atoms with Gasteiger partial charge in [-0.15, -0.1) is 0 Å². The molecule has 2 aromatic heterocycles. The molecule has 2 bridgehead atoms. The number of anilines is 1. The minimum Gasteiger partial charge on any atom is -0.390 e. The molecule has 0 spiro atoms. The van der Waals surface area contributed by atoms with Crippen molar-refractivity contribution in [2.45, 2.75) is 63.0 Å². The van der Waals surface area contributed by atoms with Crippen LogP contribution in [0.1, 0.15) is 51.5 Å². The van der Waals surface area contributed by atoms with E-state index in [0.717, 1.165) is 50.0 Å². The molecule has 1 N–H and O–H groups in total. The molecule has 2 aliphatic heterocycles. The topological polar surface area (TPSA) is 79.4 Å². The number of hydrogen-bond donors (Lipinski definition) is 1. The lowest BCUT2D eigenvalue weighted by molar-refractivity contribution is -0.0754. The van der Waals surface area contributed by atoms with E-state index < -0.39 is 5.60 Å². The maximum absolute atomic E-state index is 15.1. The largest absolute Gasteiger partial charge is 0.390 e. The number of hydrogen-bond acceptors (Lipinski definition) is 6. The van der Waals surface area contributed by atoms with Gasteiger partial charge in [-0.05, 0) is 57.2 Å². The predicted molar refractivity (Wildman–Crippen MR) is 126 cm³/mol. The number of rotatable bonds is 5. The summed E-state index contributed by atoms with van der Waals surface area (Å²) in [5, 5.41) is 15.6. The van der Waals surface area contributed by atoms with Crippen molar-refractivity contribution in [1.82, 2.24) is 19.7 Å². The van der Waals surface area contributed by atoms with E-state index in [1.807, 2.05) is 32.2 Å². The Labute approximate surface area is 192 Å². The van der Waals surface area contributed by atoms with E-state index in [2.05, 4.69) is 25.0 Å². The van der Waals surface area contributed by atoms with Gasteiger partial charge >= 0.3 is 0 Å². The highest BCUT2D eigenvalue weighted by atomic mass is 19.1. The standard InChI is InChI=1S/C25H29FN6O/c1-23(2,33)25-10-17(11-25)31(14-25)21-9-22(29-15-28-21)32-20-8-16(7-19(26)18(20)12-30-32)24(13-27-3)5-4-6-24/h7-9,12-13,15,17,33H,4-6,10-11,14H2,1-3H3. The Bertz CT molecular complexity index is 1270. The van der Waals surface area contributed by atoms with Crippen LogP contribution in [0, 0.1) is 11.2 Å². The number of halogens is 1. The van der Waals surface area contributed by atoms with Crippen LogP contribution < -0.4 is 4.90 Å². The van der Waals surface area contributed by atoms with Crippen molar-refractivity contribution in [3.05, 3.63) is 42.1 Å². The third kappa shape index (κ3) is 2.89. The predicted octanol–water partition coefficient (Wildman–Crippen LogP) is 3.82. The van der Waals surface area contributed by atoms with E-state index in [1.165, 1.54) is 0 Å². The van der Waals surface area contributed by atoms with Gasteiger partial charge in [-0.25, -0.2) is 19.0 Å². The van der Waals surface area contributed by atoms with Crippen molar-refractivity contribution in [3.63, 3.8) is 0 Å². The Morgan fingerprint density at radius 2 is 1.94 bits per heavy atom. The van der Waals surface area contributed by atoms with Crippen molar-refractivity contribution in [3.8, 4) is 5.82 Å². The van der Waals surface area contributed by atoms with E-state index in [9.17, 15) is 5.11 Å². The highest BCUT2D eigenvalue weighted by Gasteiger charge is 2.62. The Kier molecular flexibility index (Phi) is 4.28. The molecular weight excluding hydrogens is 419 g/mol. The molecule has 2 aliphatic carbocycles. The number of benzene rings is 1. The molecule has 3 aromatic rings. The lowest BCUT2D eigenvalue weighted by Crippen LogP contribution is -2.50. The van der Waals surface area contributed by atoms with Gasteiger partial charge in [-0.1, -0.05) is 6.42 Å². The Hall–Kier alpha value is -2.87. The summed E-state index contributed by atoms with van der Waals surface area (Å²) in [7, 11) is 1.77. The van der Waals surface area contributed by atoms with Gasteiger partial charge in [0.1, 0.15) is 18.0 Å². The first kappa shape index (κ1) is 20.7. The molecule has 8 heteroatoms. The van der Waals surface area contributed by atoms with E-state index >= 15 is 4.39 Å². The minimum atomic E-state index is -0.723. The van der Waals surface area contributed by atoms with E-state index in [4.69, 9.17) is 0 Å². The number of fused-ring (bicyclic) bond motifs is 2. The number of aliphatic hydroxyl groups is 1. The van der Waals surface area contributed by atoms with Gasteiger partial charge in [0.15, 0.2) is 5.82 Å². The minimum absolute atomic E-state index is 0.0862. The van der Waals surface area contributed by atoms with Crippen LogP contribution in [0.25, 0.3) is 16.7 Å². The highest BCUT2D eigenvalue weighted by molar-refractivity contribution is 5.84. The van der Waals surface area contributed by atoms with Crippen LogP contribution >= 0.6 is 0 Å². The summed E-state index contributed by atoms with van der Waals surface area (Å²) in [5.41, 5.74) is 0.630. The SMILES string of the molecule is CN=CC1(c2cc(F)c3cnn(-c4cc(N5CC6(C(C)(C)O)CC5C6)ncn4)c3c2)CCC1. The molecule has 4 heterocycles. The molecule has 0 amide bonds. The van der Waals surface area contributed by atoms with Crippen molar-refractivity contribution < 1.29 is 9.50 Å². The molecule has 2 saturated carbocycles. The van der Waals surface area contributed by atoms with Crippen molar-refractivity contribution in [1.29, 1.82) is 0 Å². The molecular formula is C25H29FN6O. The van der Waals surface area contributed by atoms with Crippen LogP contribution in [0.4, 0.5) is 10.2 Å². The molecule has 172 valence electrons. The van der Waals surface area contributed by atoms with Gasteiger partial charge in [0.05, 0.1) is 22.7 Å². The first-order valence-electron chi connectivity index (χ1n) is 11.7. The van der Waals surface area contributed by atoms with Gasteiger partial charge in [0, 0.05) is 42.7 Å². The summed E-state index contributed by atoms with van der Waals surface area (Å²) in [6, 6.07) is 5.96. The third-order valence-corrected chi connectivity index (χ3v) is 8.45. The Morgan fingerprint density at radius 3 is 2.58 bits per heavy atom.